The van der Waals surface area contributed by atoms with E-state index in [1.165, 1.54) is 18.3 Å². The van der Waals surface area contributed by atoms with Crippen LogP contribution in [0.1, 0.15) is 25.8 Å². The highest BCUT2D eigenvalue weighted by molar-refractivity contribution is 5.99. The minimum absolute atomic E-state index is 0.0877. The zero-order chi connectivity index (χ0) is 18.8. The van der Waals surface area contributed by atoms with Crippen LogP contribution < -0.4 is 10.6 Å². The zero-order valence-corrected chi connectivity index (χ0v) is 14.3. The quantitative estimate of drug-likeness (QED) is 0.360. The molecule has 1 unspecified atom stereocenters. The maximum absolute atomic E-state index is 12.8. The molecule has 3 N–H and O–H groups in total. The SMILES string of the molecule is CC(C)CC(NC(=O)/C(C#N)=C\NCCc1ccc(F)cc1)C(=O)O. The molecule has 7 heteroatoms. The Morgan fingerprint density at radius 3 is 2.48 bits per heavy atom. The first kappa shape index (κ1) is 20.2. The van der Waals surface area contributed by atoms with Crippen molar-refractivity contribution in [1.29, 1.82) is 5.26 Å². The second-order valence-corrected chi connectivity index (χ2v) is 5.99. The van der Waals surface area contributed by atoms with Crippen molar-refractivity contribution in [2.45, 2.75) is 32.7 Å². The Kier molecular flexibility index (Phi) is 8.13. The highest BCUT2D eigenvalue weighted by Crippen LogP contribution is 2.06. The van der Waals surface area contributed by atoms with Gasteiger partial charge in [-0.2, -0.15) is 5.26 Å². The number of amides is 1. The fourth-order valence-corrected chi connectivity index (χ4v) is 2.12. The van der Waals surface area contributed by atoms with E-state index in [9.17, 15) is 14.0 Å². The summed E-state index contributed by atoms with van der Waals surface area (Å²) < 4.78 is 12.8. The number of nitriles is 1. The molecule has 134 valence electrons. The highest BCUT2D eigenvalue weighted by Gasteiger charge is 2.22. The number of carbonyl (C=O) groups is 2. The van der Waals surface area contributed by atoms with Crippen molar-refractivity contribution >= 4 is 11.9 Å². The fraction of sp³-hybridized carbons (Fsp3) is 0.389. The standard InChI is InChI=1S/C18H22FN3O3/c1-12(2)9-16(18(24)25)22-17(23)14(10-20)11-21-8-7-13-3-5-15(19)6-4-13/h3-6,11-12,16,21H,7-9H2,1-2H3,(H,22,23)(H,24,25)/b14-11-. The average molecular weight is 347 g/mol. The second-order valence-electron chi connectivity index (χ2n) is 5.99. The molecule has 1 aromatic rings. The van der Waals surface area contributed by atoms with E-state index in [4.69, 9.17) is 10.4 Å². The first-order valence-corrected chi connectivity index (χ1v) is 7.95. The Morgan fingerprint density at radius 1 is 1.32 bits per heavy atom. The van der Waals surface area contributed by atoms with E-state index in [-0.39, 0.29) is 23.7 Å². The van der Waals surface area contributed by atoms with Gasteiger partial charge < -0.3 is 15.7 Å². The summed E-state index contributed by atoms with van der Waals surface area (Å²) in [5.74, 6) is -2.09. The molecule has 1 rings (SSSR count). The largest absolute Gasteiger partial charge is 0.480 e. The Bertz CT molecular complexity index is 663. The maximum atomic E-state index is 12.8. The Labute approximate surface area is 146 Å². The molecule has 0 radical (unpaired) electrons. The van der Waals surface area contributed by atoms with Crippen LogP contribution in [0.5, 0.6) is 0 Å². The molecule has 1 atom stereocenters. The van der Waals surface area contributed by atoms with Crippen LogP contribution in [0.2, 0.25) is 0 Å². The van der Waals surface area contributed by atoms with Crippen LogP contribution in [0.15, 0.2) is 36.0 Å². The summed E-state index contributed by atoms with van der Waals surface area (Å²) in [6, 6.07) is 6.74. The highest BCUT2D eigenvalue weighted by atomic mass is 19.1. The smallest absolute Gasteiger partial charge is 0.326 e. The lowest BCUT2D eigenvalue weighted by molar-refractivity contribution is -0.141. The molecule has 0 fully saturated rings. The van der Waals surface area contributed by atoms with Gasteiger partial charge in [0.15, 0.2) is 0 Å². The van der Waals surface area contributed by atoms with Gasteiger partial charge in [0.2, 0.25) is 0 Å². The van der Waals surface area contributed by atoms with Gasteiger partial charge in [-0.3, -0.25) is 4.79 Å². The summed E-state index contributed by atoms with van der Waals surface area (Å²) in [5.41, 5.74) is 0.710. The molecular formula is C18H22FN3O3. The Morgan fingerprint density at radius 2 is 1.96 bits per heavy atom. The second kappa shape index (κ2) is 10.1. The van der Waals surface area contributed by atoms with Crippen LogP contribution in [0.25, 0.3) is 0 Å². The zero-order valence-electron chi connectivity index (χ0n) is 14.3. The van der Waals surface area contributed by atoms with Gasteiger partial charge in [0.1, 0.15) is 23.5 Å². The number of hydrogen-bond acceptors (Lipinski definition) is 4. The summed E-state index contributed by atoms with van der Waals surface area (Å²) in [7, 11) is 0. The number of carboxylic acids is 1. The van der Waals surface area contributed by atoms with Gasteiger partial charge in [0, 0.05) is 12.7 Å². The number of carbonyl (C=O) groups excluding carboxylic acids is 1. The molecule has 0 bridgehead atoms. The third-order valence-corrected chi connectivity index (χ3v) is 3.39. The van der Waals surface area contributed by atoms with Gasteiger partial charge in [-0.15, -0.1) is 0 Å². The van der Waals surface area contributed by atoms with Crippen molar-refractivity contribution in [3.63, 3.8) is 0 Å². The van der Waals surface area contributed by atoms with Gasteiger partial charge in [0.05, 0.1) is 0 Å². The molecule has 0 aliphatic heterocycles. The van der Waals surface area contributed by atoms with Crippen molar-refractivity contribution < 1.29 is 19.1 Å². The molecular weight excluding hydrogens is 325 g/mol. The summed E-state index contributed by atoms with van der Waals surface area (Å²) in [5, 5.41) is 23.4. The number of nitrogens with one attached hydrogen (secondary N) is 2. The van der Waals surface area contributed by atoms with E-state index >= 15 is 0 Å². The van der Waals surface area contributed by atoms with E-state index in [1.54, 1.807) is 18.2 Å². The van der Waals surface area contributed by atoms with Crippen molar-refractivity contribution in [1.82, 2.24) is 10.6 Å². The fourth-order valence-electron chi connectivity index (χ4n) is 2.12. The Balaban J connectivity index is 2.56. The van der Waals surface area contributed by atoms with Gasteiger partial charge >= 0.3 is 5.97 Å². The van der Waals surface area contributed by atoms with E-state index in [0.29, 0.717) is 13.0 Å². The molecule has 0 heterocycles. The normalized spacial score (nSPS) is 12.4. The number of rotatable bonds is 9. The lowest BCUT2D eigenvalue weighted by Gasteiger charge is -2.16. The third-order valence-electron chi connectivity index (χ3n) is 3.39. The molecule has 1 aromatic carbocycles. The van der Waals surface area contributed by atoms with Gasteiger partial charge in [-0.25, -0.2) is 9.18 Å². The van der Waals surface area contributed by atoms with Crippen LogP contribution in [0.3, 0.4) is 0 Å². The molecule has 0 aromatic heterocycles. The van der Waals surface area contributed by atoms with E-state index in [0.717, 1.165) is 5.56 Å². The van der Waals surface area contributed by atoms with Crippen molar-refractivity contribution in [3.8, 4) is 6.07 Å². The number of carboxylic acid groups (broad SMARTS) is 1. The van der Waals surface area contributed by atoms with Crippen LogP contribution in [0.4, 0.5) is 4.39 Å². The monoisotopic (exact) mass is 347 g/mol. The number of benzene rings is 1. The van der Waals surface area contributed by atoms with Crippen molar-refractivity contribution in [2.24, 2.45) is 5.92 Å². The summed E-state index contributed by atoms with van der Waals surface area (Å²) in [6.07, 6.45) is 2.12. The molecule has 0 saturated carbocycles. The van der Waals surface area contributed by atoms with Crippen molar-refractivity contribution in [2.75, 3.05) is 6.54 Å². The molecule has 0 saturated heterocycles. The number of aliphatic carboxylic acids is 1. The van der Waals surface area contributed by atoms with E-state index < -0.39 is 17.9 Å². The third kappa shape index (κ3) is 7.48. The van der Waals surface area contributed by atoms with Gasteiger partial charge in [-0.05, 0) is 36.5 Å². The first-order chi connectivity index (χ1) is 11.8. The van der Waals surface area contributed by atoms with E-state index in [2.05, 4.69) is 10.6 Å². The average Bonchev–Trinajstić information content (AvgIpc) is 2.55. The van der Waals surface area contributed by atoms with Gasteiger partial charge in [-0.1, -0.05) is 26.0 Å². The molecule has 25 heavy (non-hydrogen) atoms. The maximum Gasteiger partial charge on any atom is 0.326 e. The van der Waals surface area contributed by atoms with Crippen molar-refractivity contribution in [3.05, 3.63) is 47.4 Å². The predicted octanol–water partition coefficient (Wildman–Crippen LogP) is 1.98. The van der Waals surface area contributed by atoms with Crippen LogP contribution in [0, 0.1) is 23.1 Å². The van der Waals surface area contributed by atoms with Gasteiger partial charge in [0.25, 0.3) is 5.91 Å². The van der Waals surface area contributed by atoms with E-state index in [1.807, 2.05) is 13.8 Å². The lowest BCUT2D eigenvalue weighted by atomic mass is 10.0. The predicted molar refractivity (Wildman–Crippen MR) is 90.8 cm³/mol. The van der Waals surface area contributed by atoms with Crippen LogP contribution in [-0.2, 0) is 16.0 Å². The molecule has 0 spiro atoms. The minimum Gasteiger partial charge on any atom is -0.480 e. The molecule has 0 aliphatic rings. The number of nitrogens with zero attached hydrogens (tertiary/aromatic N) is 1. The number of hydrogen-bond donors (Lipinski definition) is 3. The first-order valence-electron chi connectivity index (χ1n) is 7.95. The number of halogens is 1. The summed E-state index contributed by atoms with van der Waals surface area (Å²) in [6.45, 7) is 4.14. The minimum atomic E-state index is -1.14. The van der Waals surface area contributed by atoms with Crippen LogP contribution in [-0.4, -0.2) is 29.6 Å². The summed E-state index contributed by atoms with van der Waals surface area (Å²) >= 11 is 0. The van der Waals surface area contributed by atoms with Crippen LogP contribution >= 0.6 is 0 Å². The molecule has 1 amide bonds. The topological polar surface area (TPSA) is 102 Å². The molecule has 6 nitrogen and oxygen atoms in total. The molecule has 0 aliphatic carbocycles. The summed E-state index contributed by atoms with van der Waals surface area (Å²) in [4.78, 5) is 23.2. The Hall–Kier alpha value is -2.88. The lowest BCUT2D eigenvalue weighted by Crippen LogP contribution is -2.42.